The number of imidazole rings is 1. The van der Waals surface area contributed by atoms with Gasteiger partial charge in [0.15, 0.2) is 0 Å². The van der Waals surface area contributed by atoms with E-state index in [0.717, 1.165) is 29.2 Å². The molecule has 0 spiro atoms. The van der Waals surface area contributed by atoms with Gasteiger partial charge in [-0.25, -0.2) is 4.98 Å². The number of aryl methyl sites for hydroxylation is 2. The molecule has 3 aromatic rings. The molecule has 0 aliphatic rings. The lowest BCUT2D eigenvalue weighted by molar-refractivity contribution is 0.475. The molecule has 0 atom stereocenters. The molecule has 0 saturated carbocycles. The number of rotatable bonds is 4. The number of benzene rings is 2. The molecule has 0 amide bonds. The maximum atomic E-state index is 9.36. The smallest absolute Gasteiger partial charge is 0.115 e. The number of aromatic nitrogens is 2. The van der Waals surface area contributed by atoms with Crippen molar-refractivity contribution in [2.24, 2.45) is 0 Å². The Bertz CT molecular complexity index is 717. The highest BCUT2D eigenvalue weighted by Crippen LogP contribution is 2.22. The van der Waals surface area contributed by atoms with Crippen molar-refractivity contribution in [3.05, 3.63) is 71.6 Å². The van der Waals surface area contributed by atoms with E-state index in [9.17, 15) is 5.11 Å². The van der Waals surface area contributed by atoms with Gasteiger partial charge in [-0.15, -0.1) is 0 Å². The number of phenols is 1. The molecule has 3 nitrogen and oxygen atoms in total. The van der Waals surface area contributed by atoms with Gasteiger partial charge in [0.25, 0.3) is 0 Å². The number of halogens is 1. The first-order valence-corrected chi connectivity index (χ1v) is 7.14. The first-order chi connectivity index (χ1) is 10.2. The predicted octanol–water partition coefficient (Wildman–Crippen LogP) is 4.15. The maximum Gasteiger partial charge on any atom is 0.115 e. The largest absolute Gasteiger partial charge is 0.508 e. The molecule has 0 aliphatic heterocycles. The van der Waals surface area contributed by atoms with Crippen LogP contribution in [0.5, 0.6) is 5.75 Å². The monoisotopic (exact) mass is 298 g/mol. The van der Waals surface area contributed by atoms with Gasteiger partial charge in [-0.2, -0.15) is 0 Å². The Balaban J connectivity index is 1.76. The van der Waals surface area contributed by atoms with Crippen LogP contribution in [0, 0.1) is 0 Å². The molecule has 3 rings (SSSR count). The van der Waals surface area contributed by atoms with Gasteiger partial charge in [-0.05, 0) is 48.4 Å². The summed E-state index contributed by atoms with van der Waals surface area (Å²) in [5.74, 6) is 0.269. The van der Waals surface area contributed by atoms with Crippen molar-refractivity contribution < 1.29 is 5.11 Å². The lowest BCUT2D eigenvalue weighted by Crippen LogP contribution is -2.01. The summed E-state index contributed by atoms with van der Waals surface area (Å²) in [7, 11) is 0. The van der Waals surface area contributed by atoms with Gasteiger partial charge < -0.3 is 9.67 Å². The average Bonchev–Trinajstić information content (AvgIpc) is 2.96. The van der Waals surface area contributed by atoms with Crippen molar-refractivity contribution in [1.29, 1.82) is 0 Å². The molecule has 21 heavy (non-hydrogen) atoms. The minimum absolute atomic E-state index is 0.269. The zero-order chi connectivity index (χ0) is 14.7. The lowest BCUT2D eigenvalue weighted by atomic mass is 10.1. The van der Waals surface area contributed by atoms with Crippen LogP contribution in [0.25, 0.3) is 11.3 Å². The van der Waals surface area contributed by atoms with Gasteiger partial charge >= 0.3 is 0 Å². The number of hydrogen-bond acceptors (Lipinski definition) is 2. The molecule has 4 heteroatoms. The first-order valence-electron chi connectivity index (χ1n) is 6.76. The highest BCUT2D eigenvalue weighted by molar-refractivity contribution is 6.30. The molecule has 106 valence electrons. The standard InChI is InChI=1S/C17H15ClN2O/c18-15-5-1-13(2-6-15)9-10-20-12-19-11-17(20)14-3-7-16(21)8-4-14/h1-8,11-12,21H,9-10H2. The van der Waals surface area contributed by atoms with Crippen LogP contribution in [0.15, 0.2) is 61.1 Å². The molecule has 1 aromatic heterocycles. The minimum Gasteiger partial charge on any atom is -0.508 e. The van der Waals surface area contributed by atoms with Gasteiger partial charge in [0, 0.05) is 17.1 Å². The highest BCUT2D eigenvalue weighted by Gasteiger charge is 2.05. The van der Waals surface area contributed by atoms with Crippen LogP contribution in [0.1, 0.15) is 5.56 Å². The van der Waals surface area contributed by atoms with Crippen LogP contribution < -0.4 is 0 Å². The molecule has 1 heterocycles. The van der Waals surface area contributed by atoms with E-state index in [4.69, 9.17) is 11.6 Å². The fourth-order valence-corrected chi connectivity index (χ4v) is 2.40. The Morgan fingerprint density at radius 1 is 1.00 bits per heavy atom. The zero-order valence-electron chi connectivity index (χ0n) is 11.4. The van der Waals surface area contributed by atoms with Crippen molar-refractivity contribution in [2.45, 2.75) is 13.0 Å². The van der Waals surface area contributed by atoms with Crippen LogP contribution in [-0.2, 0) is 13.0 Å². The van der Waals surface area contributed by atoms with Gasteiger partial charge in [0.05, 0.1) is 18.2 Å². The Kier molecular flexibility index (Phi) is 3.93. The molecular formula is C17H15ClN2O. The fraction of sp³-hybridized carbons (Fsp3) is 0.118. The van der Waals surface area contributed by atoms with Crippen LogP contribution >= 0.6 is 11.6 Å². The van der Waals surface area contributed by atoms with E-state index in [1.54, 1.807) is 12.1 Å². The second kappa shape index (κ2) is 6.02. The van der Waals surface area contributed by atoms with Crippen molar-refractivity contribution in [2.75, 3.05) is 0 Å². The molecule has 0 fully saturated rings. The Hall–Kier alpha value is -2.26. The van der Waals surface area contributed by atoms with E-state index < -0.39 is 0 Å². The summed E-state index contributed by atoms with van der Waals surface area (Å²) in [6, 6.07) is 15.1. The summed E-state index contributed by atoms with van der Waals surface area (Å²) >= 11 is 5.89. The number of phenolic OH excluding ortho intramolecular Hbond substituents is 1. The maximum absolute atomic E-state index is 9.36. The second-order valence-corrected chi connectivity index (χ2v) is 5.33. The first kappa shape index (κ1) is 13.7. The van der Waals surface area contributed by atoms with Gasteiger partial charge in [0.1, 0.15) is 5.75 Å². The predicted molar refractivity (Wildman–Crippen MR) is 84.5 cm³/mol. The number of nitrogens with zero attached hydrogens (tertiary/aromatic N) is 2. The van der Waals surface area contributed by atoms with Crippen LogP contribution in [-0.4, -0.2) is 14.7 Å². The molecule has 0 aliphatic carbocycles. The summed E-state index contributed by atoms with van der Waals surface area (Å²) in [5, 5.41) is 10.1. The summed E-state index contributed by atoms with van der Waals surface area (Å²) < 4.78 is 2.11. The van der Waals surface area contributed by atoms with Crippen molar-refractivity contribution in [3.8, 4) is 17.0 Å². The van der Waals surface area contributed by atoms with E-state index >= 15 is 0 Å². The second-order valence-electron chi connectivity index (χ2n) is 4.90. The zero-order valence-corrected chi connectivity index (χ0v) is 12.2. The van der Waals surface area contributed by atoms with Crippen LogP contribution in [0.3, 0.4) is 0 Å². The summed E-state index contributed by atoms with van der Waals surface area (Å²) in [6.07, 6.45) is 4.59. The topological polar surface area (TPSA) is 38.1 Å². The molecule has 0 saturated heterocycles. The number of aromatic hydroxyl groups is 1. The van der Waals surface area contributed by atoms with Gasteiger partial charge in [0.2, 0.25) is 0 Å². The third-order valence-electron chi connectivity index (χ3n) is 3.43. The lowest BCUT2D eigenvalue weighted by Gasteiger charge is -2.08. The van der Waals surface area contributed by atoms with Crippen molar-refractivity contribution in [1.82, 2.24) is 9.55 Å². The summed E-state index contributed by atoms with van der Waals surface area (Å²) in [4.78, 5) is 4.23. The molecule has 1 N–H and O–H groups in total. The summed E-state index contributed by atoms with van der Waals surface area (Å²) in [5.41, 5.74) is 3.33. The van der Waals surface area contributed by atoms with E-state index in [1.807, 2.05) is 48.9 Å². The Labute approximate surface area is 128 Å². The summed E-state index contributed by atoms with van der Waals surface area (Å²) in [6.45, 7) is 0.845. The SMILES string of the molecule is Oc1ccc(-c2cncn2CCc2ccc(Cl)cc2)cc1. The van der Waals surface area contributed by atoms with E-state index in [1.165, 1.54) is 5.56 Å². The molecule has 0 radical (unpaired) electrons. The Morgan fingerprint density at radius 3 is 2.43 bits per heavy atom. The third kappa shape index (κ3) is 3.26. The molecular weight excluding hydrogens is 284 g/mol. The third-order valence-corrected chi connectivity index (χ3v) is 3.68. The quantitative estimate of drug-likeness (QED) is 0.785. The molecule has 0 unspecified atom stereocenters. The molecule has 2 aromatic carbocycles. The van der Waals surface area contributed by atoms with Crippen molar-refractivity contribution >= 4 is 11.6 Å². The van der Waals surface area contributed by atoms with E-state index in [2.05, 4.69) is 9.55 Å². The minimum atomic E-state index is 0.269. The van der Waals surface area contributed by atoms with Gasteiger partial charge in [-0.1, -0.05) is 23.7 Å². The van der Waals surface area contributed by atoms with Crippen LogP contribution in [0.4, 0.5) is 0 Å². The highest BCUT2D eigenvalue weighted by atomic mass is 35.5. The van der Waals surface area contributed by atoms with E-state index in [-0.39, 0.29) is 5.75 Å². The molecule has 0 bridgehead atoms. The van der Waals surface area contributed by atoms with Gasteiger partial charge in [-0.3, -0.25) is 0 Å². The number of hydrogen-bond donors (Lipinski definition) is 1. The van der Waals surface area contributed by atoms with Crippen LogP contribution in [0.2, 0.25) is 5.02 Å². The Morgan fingerprint density at radius 2 is 1.71 bits per heavy atom. The van der Waals surface area contributed by atoms with Crippen molar-refractivity contribution in [3.63, 3.8) is 0 Å². The average molecular weight is 299 g/mol. The van der Waals surface area contributed by atoms with E-state index in [0.29, 0.717) is 0 Å². The normalized spacial score (nSPS) is 10.7. The fourth-order valence-electron chi connectivity index (χ4n) is 2.27.